The molecule has 0 unspecified atom stereocenters. The van der Waals surface area contributed by atoms with Crippen LogP contribution in [0.2, 0.25) is 0 Å². The van der Waals surface area contributed by atoms with Crippen molar-refractivity contribution < 1.29 is 4.79 Å². The number of fused-ring (bicyclic) bond motifs is 4. The van der Waals surface area contributed by atoms with Crippen LogP contribution in [0.1, 0.15) is 15.9 Å². The van der Waals surface area contributed by atoms with Gasteiger partial charge in [0.1, 0.15) is 0 Å². The summed E-state index contributed by atoms with van der Waals surface area (Å²) < 4.78 is 0.940. The number of amides is 1. The van der Waals surface area contributed by atoms with Crippen molar-refractivity contribution in [2.24, 2.45) is 0 Å². The van der Waals surface area contributed by atoms with Crippen LogP contribution >= 0.6 is 15.9 Å². The van der Waals surface area contributed by atoms with Crippen LogP contribution in [0.4, 0.5) is 0 Å². The minimum absolute atomic E-state index is 0.0877. The second-order valence-corrected chi connectivity index (χ2v) is 5.81. The van der Waals surface area contributed by atoms with E-state index in [-0.39, 0.29) is 5.91 Å². The summed E-state index contributed by atoms with van der Waals surface area (Å²) >= 11 is 3.42. The molecule has 0 saturated heterocycles. The largest absolute Gasteiger partial charge is 0.353 e. The molecule has 1 N–H and O–H groups in total. The summed E-state index contributed by atoms with van der Waals surface area (Å²) in [6.07, 6.45) is 1.79. The van der Waals surface area contributed by atoms with Crippen LogP contribution in [0.15, 0.2) is 28.9 Å². The highest BCUT2D eigenvalue weighted by Crippen LogP contribution is 2.31. The standard InChI is InChI=1S/C14H10BrN3O/c1-18-6-7-2-10-11(4-9(7)14(18)19)17-12-3-8(15)5-16-13(10)12/h2-5,17H,6H2,1H3. The fourth-order valence-corrected chi connectivity index (χ4v) is 3.03. The van der Waals surface area contributed by atoms with Crippen LogP contribution < -0.4 is 0 Å². The first kappa shape index (κ1) is 11.0. The first-order valence-electron chi connectivity index (χ1n) is 5.99. The Bertz CT molecular complexity index is 853. The number of hydrogen-bond donors (Lipinski definition) is 1. The Morgan fingerprint density at radius 2 is 2.16 bits per heavy atom. The molecule has 94 valence electrons. The van der Waals surface area contributed by atoms with E-state index in [9.17, 15) is 4.79 Å². The second-order valence-electron chi connectivity index (χ2n) is 4.89. The lowest BCUT2D eigenvalue weighted by Crippen LogP contribution is -2.17. The van der Waals surface area contributed by atoms with Gasteiger partial charge in [-0.25, -0.2) is 0 Å². The van der Waals surface area contributed by atoms with Crippen LogP contribution in [0.3, 0.4) is 0 Å². The maximum atomic E-state index is 12.0. The lowest BCUT2D eigenvalue weighted by molar-refractivity contribution is 0.0816. The first-order chi connectivity index (χ1) is 9.13. The van der Waals surface area contributed by atoms with Crippen LogP contribution in [-0.4, -0.2) is 27.8 Å². The van der Waals surface area contributed by atoms with Crippen LogP contribution in [-0.2, 0) is 6.54 Å². The lowest BCUT2D eigenvalue weighted by atomic mass is 10.1. The molecule has 0 bridgehead atoms. The predicted molar refractivity (Wildman–Crippen MR) is 77.1 cm³/mol. The van der Waals surface area contributed by atoms with Crippen LogP contribution in [0.5, 0.6) is 0 Å². The van der Waals surface area contributed by atoms with E-state index in [1.165, 1.54) is 0 Å². The average Bonchev–Trinajstić information content (AvgIpc) is 2.85. The topological polar surface area (TPSA) is 49.0 Å². The molecule has 1 aromatic carbocycles. The Kier molecular flexibility index (Phi) is 2.07. The van der Waals surface area contributed by atoms with E-state index in [0.29, 0.717) is 6.54 Å². The first-order valence-corrected chi connectivity index (χ1v) is 6.78. The second kappa shape index (κ2) is 3.57. The number of nitrogens with one attached hydrogen (secondary N) is 1. The van der Waals surface area contributed by atoms with Gasteiger partial charge in [0.25, 0.3) is 5.91 Å². The molecule has 0 fully saturated rings. The molecular formula is C14H10BrN3O. The summed E-state index contributed by atoms with van der Waals surface area (Å²) in [6, 6.07) is 6.01. The van der Waals surface area contributed by atoms with Crippen molar-refractivity contribution in [3.8, 4) is 0 Å². The maximum Gasteiger partial charge on any atom is 0.254 e. The number of aromatic nitrogens is 2. The molecule has 19 heavy (non-hydrogen) atoms. The highest BCUT2D eigenvalue weighted by Gasteiger charge is 2.25. The smallest absolute Gasteiger partial charge is 0.254 e. The number of aromatic amines is 1. The van der Waals surface area contributed by atoms with E-state index in [1.54, 1.807) is 11.1 Å². The summed E-state index contributed by atoms with van der Waals surface area (Å²) in [5.74, 6) is 0.0877. The van der Waals surface area contributed by atoms with Gasteiger partial charge >= 0.3 is 0 Å². The molecule has 2 aromatic heterocycles. The third-order valence-electron chi connectivity index (χ3n) is 3.61. The molecule has 5 heteroatoms. The molecule has 0 spiro atoms. The molecule has 4 rings (SSSR count). The molecule has 0 atom stereocenters. The summed E-state index contributed by atoms with van der Waals surface area (Å²) in [5, 5.41) is 1.07. The van der Waals surface area contributed by atoms with Gasteiger partial charge < -0.3 is 9.88 Å². The third kappa shape index (κ3) is 1.45. The summed E-state index contributed by atoms with van der Waals surface area (Å²) in [5.41, 5.74) is 4.76. The normalized spacial score (nSPS) is 14.6. The molecular weight excluding hydrogens is 306 g/mol. The fourth-order valence-electron chi connectivity index (χ4n) is 2.70. The maximum absolute atomic E-state index is 12.0. The molecule has 1 aliphatic heterocycles. The van der Waals surface area contributed by atoms with Crippen molar-refractivity contribution in [3.63, 3.8) is 0 Å². The lowest BCUT2D eigenvalue weighted by Gasteiger charge is -2.04. The zero-order chi connectivity index (χ0) is 13.1. The van der Waals surface area contributed by atoms with Crippen molar-refractivity contribution in [1.82, 2.24) is 14.9 Å². The van der Waals surface area contributed by atoms with Crippen LogP contribution in [0, 0.1) is 0 Å². The van der Waals surface area contributed by atoms with Crippen LogP contribution in [0.25, 0.3) is 21.9 Å². The van der Waals surface area contributed by atoms with Gasteiger partial charge in [-0.15, -0.1) is 0 Å². The van der Waals surface area contributed by atoms with Gasteiger partial charge in [-0.1, -0.05) is 0 Å². The number of carbonyl (C=O) groups is 1. The number of H-pyrrole nitrogens is 1. The molecule has 4 nitrogen and oxygen atoms in total. The van der Waals surface area contributed by atoms with Gasteiger partial charge in [-0.3, -0.25) is 9.78 Å². The van der Waals surface area contributed by atoms with Gasteiger partial charge in [0, 0.05) is 40.7 Å². The highest BCUT2D eigenvalue weighted by molar-refractivity contribution is 9.10. The zero-order valence-electron chi connectivity index (χ0n) is 10.2. The van der Waals surface area contributed by atoms with Crippen molar-refractivity contribution in [2.75, 3.05) is 7.05 Å². The van der Waals surface area contributed by atoms with E-state index < -0.39 is 0 Å². The van der Waals surface area contributed by atoms with Gasteiger partial charge in [0.15, 0.2) is 0 Å². The minimum atomic E-state index is 0.0877. The average molecular weight is 316 g/mol. The van der Waals surface area contributed by atoms with Crippen molar-refractivity contribution in [3.05, 3.63) is 40.0 Å². The van der Waals surface area contributed by atoms with Crippen molar-refractivity contribution in [2.45, 2.75) is 6.54 Å². The molecule has 1 amide bonds. The molecule has 3 aromatic rings. The van der Waals surface area contributed by atoms with Gasteiger partial charge in [0.2, 0.25) is 0 Å². The number of carbonyl (C=O) groups excluding carboxylic acids is 1. The summed E-state index contributed by atoms with van der Waals surface area (Å²) in [6.45, 7) is 0.674. The molecule has 3 heterocycles. The van der Waals surface area contributed by atoms with E-state index in [1.807, 2.05) is 19.2 Å². The Labute approximate surface area is 117 Å². The molecule has 0 saturated carbocycles. The number of hydrogen-bond acceptors (Lipinski definition) is 2. The number of nitrogens with zero attached hydrogens (tertiary/aromatic N) is 2. The number of benzene rings is 1. The number of halogens is 1. The van der Waals surface area contributed by atoms with Gasteiger partial charge in [-0.05, 0) is 39.7 Å². The fraction of sp³-hybridized carbons (Fsp3) is 0.143. The van der Waals surface area contributed by atoms with Gasteiger partial charge in [-0.2, -0.15) is 0 Å². The van der Waals surface area contributed by atoms with Crippen molar-refractivity contribution in [1.29, 1.82) is 0 Å². The van der Waals surface area contributed by atoms with E-state index in [0.717, 1.165) is 37.5 Å². The van der Waals surface area contributed by atoms with Crippen molar-refractivity contribution >= 4 is 43.8 Å². The molecule has 0 aliphatic carbocycles. The predicted octanol–water partition coefficient (Wildman–Crippen LogP) is 3.06. The molecule has 1 aliphatic rings. The van der Waals surface area contributed by atoms with E-state index in [2.05, 4.69) is 32.0 Å². The van der Waals surface area contributed by atoms with E-state index in [4.69, 9.17) is 0 Å². The molecule has 0 radical (unpaired) electrons. The summed E-state index contributed by atoms with van der Waals surface area (Å²) in [4.78, 5) is 21.5. The Balaban J connectivity index is 2.09. The Hall–Kier alpha value is -1.88. The SMILES string of the molecule is CN1Cc2cc3c(cc2C1=O)[nH]c1cc(Br)cnc13. The quantitative estimate of drug-likeness (QED) is 0.693. The third-order valence-corrected chi connectivity index (χ3v) is 4.04. The number of pyridine rings is 1. The van der Waals surface area contributed by atoms with Gasteiger partial charge in [0.05, 0.1) is 11.0 Å². The highest BCUT2D eigenvalue weighted by atomic mass is 79.9. The Morgan fingerprint density at radius 3 is 3.00 bits per heavy atom. The summed E-state index contributed by atoms with van der Waals surface area (Å²) in [7, 11) is 1.82. The minimum Gasteiger partial charge on any atom is -0.353 e. The Morgan fingerprint density at radius 1 is 1.32 bits per heavy atom. The van der Waals surface area contributed by atoms with E-state index >= 15 is 0 Å². The zero-order valence-corrected chi connectivity index (χ0v) is 11.8. The monoisotopic (exact) mass is 315 g/mol. The number of rotatable bonds is 0.